The summed E-state index contributed by atoms with van der Waals surface area (Å²) in [5.74, 6) is 0. The molecule has 0 aliphatic heterocycles. The monoisotopic (exact) mass is 238 g/mol. The van der Waals surface area contributed by atoms with Crippen LogP contribution in [0.5, 0.6) is 0 Å². The molecule has 0 aliphatic rings. The summed E-state index contributed by atoms with van der Waals surface area (Å²) in [7, 11) is 0. The van der Waals surface area contributed by atoms with Crippen LogP contribution in [0.3, 0.4) is 0 Å². The van der Waals surface area contributed by atoms with Gasteiger partial charge in [0.05, 0.1) is 6.10 Å². The van der Waals surface area contributed by atoms with E-state index in [9.17, 15) is 5.11 Å². The van der Waals surface area contributed by atoms with Crippen LogP contribution in [0.2, 0.25) is 0 Å². The number of rotatable bonds is 4. The molecule has 0 radical (unpaired) electrons. The third-order valence-electron chi connectivity index (χ3n) is 2.39. The third kappa shape index (κ3) is 2.68. The number of aliphatic hydroxyl groups excluding tert-OH is 1. The maximum Gasteiger partial charge on any atom is 0.0846 e. The van der Waals surface area contributed by atoms with E-state index < -0.39 is 0 Å². The van der Waals surface area contributed by atoms with Crippen LogP contribution in [0, 0.1) is 0 Å². The molecular formula is C12H14OS2. The van der Waals surface area contributed by atoms with Gasteiger partial charge in [0.15, 0.2) is 0 Å². The standard InChI is InChI=1S/C12H14OS2/c1-2-10-3-4-11(15-10)7-12(13)9-5-6-14-8-9/h3-6,8,12-13H,2,7H2,1H3. The van der Waals surface area contributed by atoms with E-state index in [0.29, 0.717) is 0 Å². The predicted octanol–water partition coefficient (Wildman–Crippen LogP) is 3.65. The van der Waals surface area contributed by atoms with Crippen LogP contribution in [0.1, 0.15) is 28.3 Å². The van der Waals surface area contributed by atoms with Crippen molar-refractivity contribution in [2.45, 2.75) is 25.9 Å². The van der Waals surface area contributed by atoms with Crippen LogP contribution in [-0.4, -0.2) is 5.11 Å². The van der Waals surface area contributed by atoms with E-state index in [1.165, 1.54) is 9.75 Å². The molecule has 2 aromatic heterocycles. The minimum absolute atomic E-state index is 0.348. The number of aryl methyl sites for hydroxylation is 1. The Labute approximate surface area is 98.0 Å². The van der Waals surface area contributed by atoms with Gasteiger partial charge in [0.1, 0.15) is 0 Å². The van der Waals surface area contributed by atoms with E-state index in [-0.39, 0.29) is 6.10 Å². The van der Waals surface area contributed by atoms with Gasteiger partial charge < -0.3 is 5.11 Å². The van der Waals surface area contributed by atoms with Gasteiger partial charge in [0.2, 0.25) is 0 Å². The number of hydrogen-bond acceptors (Lipinski definition) is 3. The first kappa shape index (κ1) is 10.9. The highest BCUT2D eigenvalue weighted by Crippen LogP contribution is 2.25. The summed E-state index contributed by atoms with van der Waals surface area (Å²) in [4.78, 5) is 2.66. The van der Waals surface area contributed by atoms with E-state index in [1.807, 2.05) is 16.8 Å². The number of hydrogen-bond donors (Lipinski definition) is 1. The van der Waals surface area contributed by atoms with E-state index in [2.05, 4.69) is 19.1 Å². The number of thiophene rings is 2. The molecule has 0 saturated carbocycles. The summed E-state index contributed by atoms with van der Waals surface area (Å²) in [5, 5.41) is 14.0. The maximum atomic E-state index is 9.96. The molecule has 0 aliphatic carbocycles. The molecule has 2 aromatic rings. The molecule has 0 spiro atoms. The highest BCUT2D eigenvalue weighted by atomic mass is 32.1. The molecule has 0 fully saturated rings. The molecule has 2 rings (SSSR count). The molecule has 2 heterocycles. The van der Waals surface area contributed by atoms with Crippen molar-refractivity contribution >= 4 is 22.7 Å². The van der Waals surface area contributed by atoms with Gasteiger partial charge >= 0.3 is 0 Å². The van der Waals surface area contributed by atoms with Crippen LogP contribution in [-0.2, 0) is 12.8 Å². The van der Waals surface area contributed by atoms with E-state index in [4.69, 9.17) is 0 Å². The molecule has 1 atom stereocenters. The Morgan fingerprint density at radius 3 is 2.67 bits per heavy atom. The normalized spacial score (nSPS) is 12.9. The van der Waals surface area contributed by atoms with E-state index >= 15 is 0 Å². The molecule has 1 N–H and O–H groups in total. The first-order chi connectivity index (χ1) is 7.29. The van der Waals surface area contributed by atoms with Crippen molar-refractivity contribution in [2.24, 2.45) is 0 Å². The third-order valence-corrected chi connectivity index (χ3v) is 4.34. The Balaban J connectivity index is 2.02. The summed E-state index contributed by atoms with van der Waals surface area (Å²) in [6, 6.07) is 6.27. The maximum absolute atomic E-state index is 9.96. The minimum Gasteiger partial charge on any atom is -0.388 e. The molecule has 0 aromatic carbocycles. The van der Waals surface area contributed by atoms with Crippen molar-refractivity contribution in [3.63, 3.8) is 0 Å². The highest BCUT2D eigenvalue weighted by Gasteiger charge is 2.10. The summed E-state index contributed by atoms with van der Waals surface area (Å²) in [6.07, 6.45) is 1.47. The van der Waals surface area contributed by atoms with Crippen molar-refractivity contribution < 1.29 is 5.11 Å². The molecule has 15 heavy (non-hydrogen) atoms. The first-order valence-corrected chi connectivity index (χ1v) is 6.83. The predicted molar refractivity (Wildman–Crippen MR) is 66.7 cm³/mol. The van der Waals surface area contributed by atoms with Crippen LogP contribution < -0.4 is 0 Å². The average Bonchev–Trinajstić information content (AvgIpc) is 2.87. The summed E-state index contributed by atoms with van der Waals surface area (Å²) >= 11 is 3.43. The number of aliphatic hydroxyl groups is 1. The molecule has 0 bridgehead atoms. The van der Waals surface area contributed by atoms with Gasteiger partial charge in [-0.1, -0.05) is 6.92 Å². The van der Waals surface area contributed by atoms with Gasteiger partial charge in [0, 0.05) is 16.2 Å². The van der Waals surface area contributed by atoms with Crippen molar-refractivity contribution in [3.8, 4) is 0 Å². The second-order valence-corrected chi connectivity index (χ2v) is 5.53. The largest absolute Gasteiger partial charge is 0.388 e. The fourth-order valence-corrected chi connectivity index (χ4v) is 3.20. The zero-order valence-electron chi connectivity index (χ0n) is 8.64. The molecule has 0 saturated heterocycles. The van der Waals surface area contributed by atoms with Crippen molar-refractivity contribution in [1.29, 1.82) is 0 Å². The molecule has 1 unspecified atom stereocenters. The van der Waals surface area contributed by atoms with Crippen LogP contribution in [0.4, 0.5) is 0 Å². The second-order valence-electron chi connectivity index (χ2n) is 3.50. The second kappa shape index (κ2) is 4.92. The molecular weight excluding hydrogens is 224 g/mol. The Morgan fingerprint density at radius 2 is 2.07 bits per heavy atom. The molecule has 3 heteroatoms. The van der Waals surface area contributed by atoms with Crippen molar-refractivity contribution in [1.82, 2.24) is 0 Å². The summed E-state index contributed by atoms with van der Waals surface area (Å²) in [5.41, 5.74) is 1.03. The van der Waals surface area contributed by atoms with Crippen LogP contribution >= 0.6 is 22.7 Å². The van der Waals surface area contributed by atoms with Gasteiger partial charge in [-0.2, -0.15) is 11.3 Å². The Morgan fingerprint density at radius 1 is 1.27 bits per heavy atom. The summed E-state index contributed by atoms with van der Waals surface area (Å²) in [6.45, 7) is 2.16. The molecule has 1 nitrogen and oxygen atoms in total. The lowest BCUT2D eigenvalue weighted by molar-refractivity contribution is 0.180. The minimum atomic E-state index is -0.348. The van der Waals surface area contributed by atoms with Crippen molar-refractivity contribution in [2.75, 3.05) is 0 Å². The topological polar surface area (TPSA) is 20.2 Å². The summed E-state index contributed by atoms with van der Waals surface area (Å²) < 4.78 is 0. The average molecular weight is 238 g/mol. The van der Waals surface area contributed by atoms with Gasteiger partial charge in [-0.3, -0.25) is 0 Å². The smallest absolute Gasteiger partial charge is 0.0846 e. The van der Waals surface area contributed by atoms with Gasteiger partial charge in [-0.25, -0.2) is 0 Å². The fourth-order valence-electron chi connectivity index (χ4n) is 1.50. The Hall–Kier alpha value is -0.640. The lowest BCUT2D eigenvalue weighted by Crippen LogP contribution is -1.98. The van der Waals surface area contributed by atoms with Crippen molar-refractivity contribution in [3.05, 3.63) is 44.3 Å². The molecule has 80 valence electrons. The fraction of sp³-hybridized carbons (Fsp3) is 0.333. The lowest BCUT2D eigenvalue weighted by atomic mass is 10.1. The first-order valence-electron chi connectivity index (χ1n) is 5.07. The van der Waals surface area contributed by atoms with Gasteiger partial charge in [-0.15, -0.1) is 11.3 Å². The SMILES string of the molecule is CCc1ccc(CC(O)c2ccsc2)s1. The van der Waals surface area contributed by atoms with E-state index in [0.717, 1.165) is 18.4 Å². The van der Waals surface area contributed by atoms with Gasteiger partial charge in [0.25, 0.3) is 0 Å². The Kier molecular flexibility index (Phi) is 3.57. The van der Waals surface area contributed by atoms with E-state index in [1.54, 1.807) is 22.7 Å². The quantitative estimate of drug-likeness (QED) is 0.862. The highest BCUT2D eigenvalue weighted by molar-refractivity contribution is 7.12. The van der Waals surface area contributed by atoms with Crippen LogP contribution in [0.25, 0.3) is 0 Å². The Bertz CT molecular complexity index is 403. The van der Waals surface area contributed by atoms with Gasteiger partial charge in [-0.05, 0) is 40.9 Å². The van der Waals surface area contributed by atoms with Crippen LogP contribution in [0.15, 0.2) is 29.0 Å². The zero-order chi connectivity index (χ0) is 10.7. The lowest BCUT2D eigenvalue weighted by Gasteiger charge is -2.06. The molecule has 0 amide bonds. The zero-order valence-corrected chi connectivity index (χ0v) is 10.3.